The van der Waals surface area contributed by atoms with Crippen LogP contribution in [0.3, 0.4) is 0 Å². The number of esters is 1. The highest BCUT2D eigenvalue weighted by atomic mass is 32.2. The normalized spacial score (nSPS) is 19.2. The third kappa shape index (κ3) is 3.87. The summed E-state index contributed by atoms with van der Waals surface area (Å²) in [5.41, 5.74) is 3.63. The van der Waals surface area contributed by atoms with Crippen molar-refractivity contribution in [3.8, 4) is 0 Å². The lowest BCUT2D eigenvalue weighted by Gasteiger charge is -2.42. The molecule has 128 valence electrons. The molecule has 8 heteroatoms. The van der Waals surface area contributed by atoms with Crippen LogP contribution in [0.25, 0.3) is 0 Å². The fraction of sp³-hybridized carbons (Fsp3) is 0.438. The first kappa shape index (κ1) is 17.2. The molecule has 1 saturated heterocycles. The number of nitrogens with zero attached hydrogens (tertiary/aromatic N) is 2. The van der Waals surface area contributed by atoms with E-state index >= 15 is 0 Å². The minimum atomic E-state index is -0.420. The van der Waals surface area contributed by atoms with Crippen LogP contribution < -0.4 is 10.1 Å². The van der Waals surface area contributed by atoms with Gasteiger partial charge in [-0.25, -0.2) is 4.79 Å². The molecule has 3 heterocycles. The number of hydrogen-bond donors (Lipinski definition) is 1. The van der Waals surface area contributed by atoms with E-state index in [1.165, 1.54) is 11.8 Å². The zero-order valence-corrected chi connectivity index (χ0v) is 15.1. The number of carbonyl (C=O) groups is 2. The molecule has 0 radical (unpaired) electrons. The van der Waals surface area contributed by atoms with Gasteiger partial charge in [-0.1, -0.05) is 23.4 Å². The average Bonchev–Trinajstić information content (AvgIpc) is 2.59. The van der Waals surface area contributed by atoms with Gasteiger partial charge in [0, 0.05) is 22.8 Å². The minimum Gasteiger partial charge on any atom is -0.450 e. The molecule has 2 aliphatic rings. The predicted molar refractivity (Wildman–Crippen MR) is 93.8 cm³/mol. The Morgan fingerprint density at radius 2 is 2.29 bits per heavy atom. The first-order valence-corrected chi connectivity index (χ1v) is 9.91. The van der Waals surface area contributed by atoms with Crippen molar-refractivity contribution in [2.45, 2.75) is 30.0 Å². The number of thioether (sulfide) groups is 2. The van der Waals surface area contributed by atoms with E-state index in [4.69, 9.17) is 4.74 Å². The molecule has 3 rings (SSSR count). The van der Waals surface area contributed by atoms with Gasteiger partial charge in [0.25, 0.3) is 0 Å². The summed E-state index contributed by atoms with van der Waals surface area (Å²) in [6.07, 6.45) is 7.22. The number of hydrogen-bond acceptors (Lipinski definition) is 6. The van der Waals surface area contributed by atoms with Crippen molar-refractivity contribution in [1.29, 1.82) is 0 Å². The summed E-state index contributed by atoms with van der Waals surface area (Å²) < 4.78 is 7.21. The fourth-order valence-corrected chi connectivity index (χ4v) is 4.14. The van der Waals surface area contributed by atoms with Crippen LogP contribution in [0, 0.1) is 0 Å². The Labute approximate surface area is 149 Å². The summed E-state index contributed by atoms with van der Waals surface area (Å²) in [4.78, 5) is 26.4. The van der Waals surface area contributed by atoms with Crippen LogP contribution in [0.2, 0.25) is 0 Å². The van der Waals surface area contributed by atoms with Crippen molar-refractivity contribution in [1.82, 2.24) is 4.90 Å². The molecule has 2 aliphatic heterocycles. The van der Waals surface area contributed by atoms with E-state index in [1.807, 2.05) is 29.2 Å². The number of aromatic nitrogens is 1. The van der Waals surface area contributed by atoms with E-state index in [0.717, 1.165) is 23.6 Å². The first-order chi connectivity index (χ1) is 11.7. The lowest BCUT2D eigenvalue weighted by atomic mass is 10.1. The van der Waals surface area contributed by atoms with E-state index in [9.17, 15) is 9.59 Å². The van der Waals surface area contributed by atoms with Crippen molar-refractivity contribution in [3.63, 3.8) is 0 Å². The quantitative estimate of drug-likeness (QED) is 0.261. The molecule has 1 fully saturated rings. The second-order valence-corrected chi connectivity index (χ2v) is 7.60. The second kappa shape index (κ2) is 7.94. The maximum absolute atomic E-state index is 12.2. The molecule has 0 spiro atoms. The van der Waals surface area contributed by atoms with Gasteiger partial charge >= 0.3 is 5.97 Å². The number of pyridine rings is 1. The number of rotatable bonds is 7. The van der Waals surface area contributed by atoms with Crippen molar-refractivity contribution < 1.29 is 19.0 Å². The zero-order valence-electron chi connectivity index (χ0n) is 13.4. The maximum atomic E-state index is 12.2. The number of carbonyl (C=O) groups excluding carboxylic acids is 2. The van der Waals surface area contributed by atoms with Gasteiger partial charge < -0.3 is 4.74 Å². The molecule has 0 aliphatic carbocycles. The number of β-lactam (4-membered cyclic amide) rings is 1. The number of nitrogens with one attached hydrogen (secondary N) is 1. The van der Waals surface area contributed by atoms with Crippen molar-refractivity contribution in [2.75, 3.05) is 23.7 Å². The van der Waals surface area contributed by atoms with Crippen LogP contribution in [0.1, 0.15) is 19.8 Å². The standard InChI is InChI=1S/C16H20N3O3S2/c1-2-6-17-18-7-3-12(4-8-18)24-11-22-16(21)13-5-9-23-15-10-14(20)19(13)15/h3-5,7-8,15,17H,2,6,9-11H2,1H3/q+1/t15-/m0/s1. The van der Waals surface area contributed by atoms with Crippen LogP contribution in [0.5, 0.6) is 0 Å². The van der Waals surface area contributed by atoms with E-state index in [2.05, 4.69) is 12.3 Å². The lowest BCUT2D eigenvalue weighted by molar-refractivity contribution is -0.650. The summed E-state index contributed by atoms with van der Waals surface area (Å²) >= 11 is 3.12. The Hall–Kier alpha value is -1.67. The molecule has 0 aromatic carbocycles. The van der Waals surface area contributed by atoms with E-state index in [-0.39, 0.29) is 17.2 Å². The van der Waals surface area contributed by atoms with Gasteiger partial charge in [-0.15, -0.1) is 11.8 Å². The monoisotopic (exact) mass is 366 g/mol. The summed E-state index contributed by atoms with van der Waals surface area (Å²) in [6.45, 7) is 3.03. The van der Waals surface area contributed by atoms with Gasteiger partial charge in [0.2, 0.25) is 18.3 Å². The molecule has 1 N–H and O–H groups in total. The highest BCUT2D eigenvalue weighted by Crippen LogP contribution is 2.37. The summed E-state index contributed by atoms with van der Waals surface area (Å²) in [5, 5.41) is 0.109. The largest absolute Gasteiger partial charge is 0.450 e. The molecular weight excluding hydrogens is 346 g/mol. The van der Waals surface area contributed by atoms with Gasteiger partial charge in [-0.2, -0.15) is 5.43 Å². The number of amides is 1. The van der Waals surface area contributed by atoms with E-state index < -0.39 is 5.97 Å². The molecule has 1 aromatic heterocycles. The number of ether oxygens (including phenoxy) is 1. The molecule has 6 nitrogen and oxygen atoms in total. The first-order valence-electron chi connectivity index (χ1n) is 7.88. The van der Waals surface area contributed by atoms with Gasteiger partial charge in [0.15, 0.2) is 0 Å². The fourth-order valence-electron chi connectivity index (χ4n) is 2.41. The van der Waals surface area contributed by atoms with E-state index in [1.54, 1.807) is 22.7 Å². The third-order valence-corrected chi connectivity index (χ3v) is 5.66. The van der Waals surface area contributed by atoms with Crippen LogP contribution in [-0.2, 0) is 14.3 Å². The summed E-state index contributed by atoms with van der Waals surface area (Å²) in [5.74, 6) is 0.546. The average molecular weight is 366 g/mol. The van der Waals surface area contributed by atoms with Crippen molar-refractivity contribution in [3.05, 3.63) is 36.3 Å². The third-order valence-electron chi connectivity index (χ3n) is 3.70. The van der Waals surface area contributed by atoms with Crippen LogP contribution in [-0.4, -0.2) is 40.4 Å². The predicted octanol–water partition coefficient (Wildman–Crippen LogP) is 1.71. The van der Waals surface area contributed by atoms with Gasteiger partial charge in [0.1, 0.15) is 11.6 Å². The SMILES string of the molecule is CCCN[n+]1ccc(SCOC(=O)C2=CCS[C@H]3CC(=O)N23)cc1. The molecule has 0 bridgehead atoms. The van der Waals surface area contributed by atoms with Crippen LogP contribution >= 0.6 is 23.5 Å². The summed E-state index contributed by atoms with van der Waals surface area (Å²) in [6, 6.07) is 3.93. The van der Waals surface area contributed by atoms with Gasteiger partial charge in [0.05, 0.1) is 18.3 Å². The van der Waals surface area contributed by atoms with Gasteiger partial charge in [-0.05, 0) is 12.5 Å². The minimum absolute atomic E-state index is 0.00440. The van der Waals surface area contributed by atoms with Crippen molar-refractivity contribution in [2.24, 2.45) is 0 Å². The molecule has 1 amide bonds. The molecule has 0 unspecified atom stereocenters. The van der Waals surface area contributed by atoms with Gasteiger partial charge in [-0.3, -0.25) is 9.69 Å². The highest BCUT2D eigenvalue weighted by Gasteiger charge is 2.43. The van der Waals surface area contributed by atoms with Crippen LogP contribution in [0.15, 0.2) is 41.2 Å². The Bertz CT molecular complexity index is 648. The molecule has 24 heavy (non-hydrogen) atoms. The Kier molecular flexibility index (Phi) is 5.68. The molecule has 1 aromatic rings. The highest BCUT2D eigenvalue weighted by molar-refractivity contribution is 8.00. The Balaban J connectivity index is 1.47. The maximum Gasteiger partial charge on any atom is 0.355 e. The second-order valence-electron chi connectivity index (χ2n) is 5.39. The molecule has 0 saturated carbocycles. The molecular formula is C16H20N3O3S2+. The molecule has 1 atom stereocenters. The van der Waals surface area contributed by atoms with Crippen LogP contribution in [0.4, 0.5) is 0 Å². The Morgan fingerprint density at radius 3 is 3.00 bits per heavy atom. The van der Waals surface area contributed by atoms with Crippen molar-refractivity contribution >= 4 is 35.4 Å². The smallest absolute Gasteiger partial charge is 0.355 e. The number of fused-ring (bicyclic) bond motifs is 1. The Morgan fingerprint density at radius 1 is 1.50 bits per heavy atom. The zero-order chi connectivity index (χ0) is 16.9. The van der Waals surface area contributed by atoms with E-state index in [0.29, 0.717) is 12.1 Å². The topological polar surface area (TPSA) is 62.5 Å². The lowest BCUT2D eigenvalue weighted by Crippen LogP contribution is -2.53. The summed E-state index contributed by atoms with van der Waals surface area (Å²) in [7, 11) is 0.